The van der Waals surface area contributed by atoms with Crippen LogP contribution in [0.15, 0.2) is 41.5 Å². The van der Waals surface area contributed by atoms with E-state index in [0.29, 0.717) is 12.1 Å². The summed E-state index contributed by atoms with van der Waals surface area (Å²) in [6.07, 6.45) is 3.32. The van der Waals surface area contributed by atoms with Crippen LogP contribution >= 0.6 is 0 Å². The topological polar surface area (TPSA) is 58.7 Å². The van der Waals surface area contributed by atoms with E-state index in [2.05, 4.69) is 11.1 Å². The lowest BCUT2D eigenvalue weighted by Gasteiger charge is -2.05. The predicted octanol–water partition coefficient (Wildman–Crippen LogP) is 1.47. The first kappa shape index (κ1) is 11.1. The Labute approximate surface area is 98.8 Å². The highest BCUT2D eigenvalue weighted by atomic mass is 16.1. The molecule has 0 saturated carbocycles. The van der Waals surface area contributed by atoms with Crippen molar-refractivity contribution < 1.29 is 0 Å². The van der Waals surface area contributed by atoms with Crippen LogP contribution in [0.4, 0.5) is 0 Å². The van der Waals surface area contributed by atoms with Gasteiger partial charge in [0.05, 0.1) is 18.2 Å². The smallest absolute Gasteiger partial charge is 0.294 e. The third-order valence-corrected chi connectivity index (χ3v) is 2.42. The second-order valence-corrected chi connectivity index (χ2v) is 3.85. The van der Waals surface area contributed by atoms with Crippen molar-refractivity contribution in [1.29, 1.82) is 5.26 Å². The fourth-order valence-electron chi connectivity index (χ4n) is 1.56. The molecule has 0 spiro atoms. The minimum atomic E-state index is -0.264. The summed E-state index contributed by atoms with van der Waals surface area (Å²) >= 11 is 0. The Kier molecular flexibility index (Phi) is 3.01. The van der Waals surface area contributed by atoms with Gasteiger partial charge in [0.2, 0.25) is 0 Å². The molecule has 0 radical (unpaired) electrons. The van der Waals surface area contributed by atoms with Crippen molar-refractivity contribution in [3.63, 3.8) is 0 Å². The van der Waals surface area contributed by atoms with Crippen LogP contribution in [0.2, 0.25) is 0 Å². The Morgan fingerprint density at radius 1 is 1.35 bits per heavy atom. The average Bonchev–Trinajstić information content (AvgIpc) is 2.35. The molecule has 1 heterocycles. The summed E-state index contributed by atoms with van der Waals surface area (Å²) in [6, 6.07) is 9.22. The summed E-state index contributed by atoms with van der Waals surface area (Å²) < 4.78 is 1.55. The van der Waals surface area contributed by atoms with Crippen LogP contribution in [0, 0.1) is 18.3 Å². The van der Waals surface area contributed by atoms with Crippen LogP contribution in [0.3, 0.4) is 0 Å². The van der Waals surface area contributed by atoms with Gasteiger partial charge in [-0.25, -0.2) is 9.78 Å². The summed E-state index contributed by atoms with van der Waals surface area (Å²) in [4.78, 5) is 15.3. The SMILES string of the molecule is Cc1cnc(=O)n(Cc2ccc(C#N)cc2)c1. The van der Waals surface area contributed by atoms with Crippen molar-refractivity contribution in [2.24, 2.45) is 0 Å². The van der Waals surface area contributed by atoms with E-state index < -0.39 is 0 Å². The second-order valence-electron chi connectivity index (χ2n) is 3.85. The lowest BCUT2D eigenvalue weighted by molar-refractivity contribution is 0.721. The fraction of sp³-hybridized carbons (Fsp3) is 0.154. The largest absolute Gasteiger partial charge is 0.347 e. The summed E-state index contributed by atoms with van der Waals surface area (Å²) in [5.74, 6) is 0. The molecule has 0 unspecified atom stereocenters. The minimum absolute atomic E-state index is 0.264. The second kappa shape index (κ2) is 4.62. The van der Waals surface area contributed by atoms with Crippen LogP contribution in [0.5, 0.6) is 0 Å². The summed E-state index contributed by atoms with van der Waals surface area (Å²) in [5, 5.41) is 8.68. The normalized spacial score (nSPS) is 9.88. The zero-order valence-corrected chi connectivity index (χ0v) is 9.42. The molecule has 2 rings (SSSR count). The van der Waals surface area contributed by atoms with Crippen LogP contribution in [-0.2, 0) is 6.54 Å². The zero-order chi connectivity index (χ0) is 12.3. The molecule has 0 atom stereocenters. The van der Waals surface area contributed by atoms with Gasteiger partial charge in [-0.1, -0.05) is 12.1 Å². The van der Waals surface area contributed by atoms with Crippen LogP contribution in [0.1, 0.15) is 16.7 Å². The molecule has 1 aromatic heterocycles. The van der Waals surface area contributed by atoms with Crippen molar-refractivity contribution in [3.05, 3.63) is 63.8 Å². The molecule has 0 N–H and O–H groups in total. The quantitative estimate of drug-likeness (QED) is 0.777. The van der Waals surface area contributed by atoms with E-state index in [1.54, 1.807) is 29.1 Å². The first-order valence-corrected chi connectivity index (χ1v) is 5.21. The molecule has 2 aromatic rings. The maximum absolute atomic E-state index is 11.5. The molecule has 17 heavy (non-hydrogen) atoms. The van der Waals surface area contributed by atoms with Gasteiger partial charge >= 0.3 is 5.69 Å². The number of hydrogen-bond donors (Lipinski definition) is 0. The maximum atomic E-state index is 11.5. The van der Waals surface area contributed by atoms with E-state index in [9.17, 15) is 4.79 Å². The van der Waals surface area contributed by atoms with E-state index in [4.69, 9.17) is 5.26 Å². The lowest BCUT2D eigenvalue weighted by Crippen LogP contribution is -2.22. The van der Waals surface area contributed by atoms with Gasteiger partial charge in [-0.3, -0.25) is 4.57 Å². The fourth-order valence-corrected chi connectivity index (χ4v) is 1.56. The molecule has 1 aromatic carbocycles. The molecule has 0 aliphatic heterocycles. The maximum Gasteiger partial charge on any atom is 0.347 e. The number of aryl methyl sites for hydroxylation is 1. The van der Waals surface area contributed by atoms with Crippen LogP contribution < -0.4 is 5.69 Å². The Bertz CT molecular complexity index is 620. The van der Waals surface area contributed by atoms with Gasteiger partial charge in [0.25, 0.3) is 0 Å². The van der Waals surface area contributed by atoms with E-state index in [0.717, 1.165) is 11.1 Å². The summed E-state index contributed by atoms with van der Waals surface area (Å²) in [5.41, 5.74) is 2.26. The van der Waals surface area contributed by atoms with Gasteiger partial charge in [0.15, 0.2) is 0 Å². The van der Waals surface area contributed by atoms with Crippen LogP contribution in [-0.4, -0.2) is 9.55 Å². The average molecular weight is 225 g/mol. The third kappa shape index (κ3) is 2.58. The number of rotatable bonds is 2. The van der Waals surface area contributed by atoms with Gasteiger partial charge < -0.3 is 0 Å². The molecular formula is C13H11N3O. The summed E-state index contributed by atoms with van der Waals surface area (Å²) in [7, 11) is 0. The first-order valence-electron chi connectivity index (χ1n) is 5.21. The van der Waals surface area contributed by atoms with Crippen molar-refractivity contribution in [3.8, 4) is 6.07 Å². The molecule has 4 nitrogen and oxygen atoms in total. The lowest BCUT2D eigenvalue weighted by atomic mass is 10.1. The molecule has 0 fully saturated rings. The number of nitrogens with zero attached hydrogens (tertiary/aromatic N) is 3. The van der Waals surface area contributed by atoms with Gasteiger partial charge in [0, 0.05) is 12.4 Å². The standard InChI is InChI=1S/C13H11N3O/c1-10-7-15-13(17)16(8-10)9-12-4-2-11(6-14)3-5-12/h2-5,7-8H,9H2,1H3. The van der Waals surface area contributed by atoms with Gasteiger partial charge in [-0.05, 0) is 30.2 Å². The highest BCUT2D eigenvalue weighted by molar-refractivity contribution is 5.31. The number of nitriles is 1. The van der Waals surface area contributed by atoms with Gasteiger partial charge in [-0.15, -0.1) is 0 Å². The molecule has 0 bridgehead atoms. The third-order valence-electron chi connectivity index (χ3n) is 2.42. The predicted molar refractivity (Wildman–Crippen MR) is 63.5 cm³/mol. The Hall–Kier alpha value is -2.41. The highest BCUT2D eigenvalue weighted by Gasteiger charge is 1.99. The molecule has 84 valence electrons. The number of benzene rings is 1. The van der Waals surface area contributed by atoms with Crippen molar-refractivity contribution >= 4 is 0 Å². The number of hydrogen-bond acceptors (Lipinski definition) is 3. The molecule has 0 amide bonds. The Balaban J connectivity index is 2.28. The van der Waals surface area contributed by atoms with E-state index in [1.165, 1.54) is 0 Å². The molecular weight excluding hydrogens is 214 g/mol. The van der Waals surface area contributed by atoms with Crippen molar-refractivity contribution in [2.45, 2.75) is 13.5 Å². The monoisotopic (exact) mass is 225 g/mol. The van der Waals surface area contributed by atoms with E-state index >= 15 is 0 Å². The molecule has 0 saturated heterocycles. The zero-order valence-electron chi connectivity index (χ0n) is 9.42. The Morgan fingerprint density at radius 2 is 2.06 bits per heavy atom. The van der Waals surface area contributed by atoms with Gasteiger partial charge in [-0.2, -0.15) is 5.26 Å². The first-order chi connectivity index (χ1) is 8.19. The van der Waals surface area contributed by atoms with E-state index in [1.807, 2.05) is 19.1 Å². The number of aromatic nitrogens is 2. The highest BCUT2D eigenvalue weighted by Crippen LogP contribution is 2.04. The summed E-state index contributed by atoms with van der Waals surface area (Å²) in [6.45, 7) is 2.36. The molecule has 0 aliphatic carbocycles. The Morgan fingerprint density at radius 3 is 2.71 bits per heavy atom. The van der Waals surface area contributed by atoms with Crippen molar-refractivity contribution in [1.82, 2.24) is 9.55 Å². The molecule has 4 heteroatoms. The molecule has 0 aliphatic rings. The van der Waals surface area contributed by atoms with Crippen LogP contribution in [0.25, 0.3) is 0 Å². The van der Waals surface area contributed by atoms with Gasteiger partial charge in [0.1, 0.15) is 0 Å². The van der Waals surface area contributed by atoms with Crippen molar-refractivity contribution in [2.75, 3.05) is 0 Å². The minimum Gasteiger partial charge on any atom is -0.294 e. The van der Waals surface area contributed by atoms with E-state index in [-0.39, 0.29) is 5.69 Å².